The highest BCUT2D eigenvalue weighted by atomic mass is 16.2. The summed E-state index contributed by atoms with van der Waals surface area (Å²) in [7, 11) is 0. The molecule has 1 fully saturated rings. The third kappa shape index (κ3) is 6.20. The Morgan fingerprint density at radius 3 is 2.31 bits per heavy atom. The molecule has 3 aromatic rings. The van der Waals surface area contributed by atoms with Gasteiger partial charge in [-0.1, -0.05) is 30.3 Å². The molecule has 1 saturated carbocycles. The number of aromatic nitrogens is 2. The van der Waals surface area contributed by atoms with E-state index in [1.165, 1.54) is 6.07 Å². The molecule has 0 saturated heterocycles. The summed E-state index contributed by atoms with van der Waals surface area (Å²) in [5.74, 6) is -0.551. The lowest BCUT2D eigenvalue weighted by Crippen LogP contribution is -2.40. The van der Waals surface area contributed by atoms with Crippen LogP contribution < -0.4 is 21.5 Å². The summed E-state index contributed by atoms with van der Waals surface area (Å²) in [5.41, 5.74) is 2.16. The van der Waals surface area contributed by atoms with E-state index in [0.29, 0.717) is 16.9 Å². The first kappa shape index (κ1) is 23.9. The van der Waals surface area contributed by atoms with E-state index in [4.69, 9.17) is 0 Å². The standard InChI is InChI=1S/C26H27N5O4/c1-17(31-23(32)14-13-22(30-31)18-5-3-2-4-6-18)24(33)27-15-16-28-25(34)19-9-11-21(12-10-19)29-26(35)20-7-8-20/h2-6,9-14,17,20H,7-8,15-16H2,1H3,(H,27,33)(H,28,34)(H,29,35). The number of rotatable bonds is 9. The Morgan fingerprint density at radius 2 is 1.63 bits per heavy atom. The van der Waals surface area contributed by atoms with Gasteiger partial charge in [-0.05, 0) is 50.1 Å². The van der Waals surface area contributed by atoms with E-state index >= 15 is 0 Å². The molecular weight excluding hydrogens is 446 g/mol. The maximum Gasteiger partial charge on any atom is 0.267 e. The normalized spacial score (nSPS) is 13.5. The van der Waals surface area contributed by atoms with Gasteiger partial charge in [0.25, 0.3) is 11.5 Å². The molecular formula is C26H27N5O4. The van der Waals surface area contributed by atoms with E-state index in [0.717, 1.165) is 23.1 Å². The highest BCUT2D eigenvalue weighted by molar-refractivity contribution is 5.96. The lowest BCUT2D eigenvalue weighted by molar-refractivity contribution is -0.124. The number of hydrogen-bond acceptors (Lipinski definition) is 5. The van der Waals surface area contributed by atoms with Crippen LogP contribution in [0.2, 0.25) is 0 Å². The van der Waals surface area contributed by atoms with Gasteiger partial charge < -0.3 is 16.0 Å². The van der Waals surface area contributed by atoms with Crippen LogP contribution in [0.1, 0.15) is 36.2 Å². The van der Waals surface area contributed by atoms with Gasteiger partial charge in [-0.2, -0.15) is 5.10 Å². The zero-order chi connectivity index (χ0) is 24.8. The van der Waals surface area contributed by atoms with Crippen molar-refractivity contribution in [1.29, 1.82) is 0 Å². The Bertz CT molecular complexity index is 1270. The summed E-state index contributed by atoms with van der Waals surface area (Å²) in [4.78, 5) is 49.0. The van der Waals surface area contributed by atoms with Crippen LogP contribution in [0.25, 0.3) is 11.3 Å². The highest BCUT2D eigenvalue weighted by Crippen LogP contribution is 2.30. The van der Waals surface area contributed by atoms with E-state index < -0.39 is 6.04 Å². The number of hydrogen-bond donors (Lipinski definition) is 3. The molecule has 1 atom stereocenters. The zero-order valence-corrected chi connectivity index (χ0v) is 19.4. The molecule has 2 aromatic carbocycles. The van der Waals surface area contributed by atoms with Crippen LogP contribution in [-0.4, -0.2) is 40.6 Å². The number of nitrogens with zero attached hydrogens (tertiary/aromatic N) is 2. The molecule has 1 aliphatic rings. The summed E-state index contributed by atoms with van der Waals surface area (Å²) in [6.07, 6.45) is 1.85. The molecule has 0 bridgehead atoms. The maximum absolute atomic E-state index is 12.6. The SMILES string of the molecule is CC(C(=O)NCCNC(=O)c1ccc(NC(=O)C2CC2)cc1)n1nc(-c2ccccc2)ccc1=O. The summed E-state index contributed by atoms with van der Waals surface area (Å²) in [6, 6.07) is 18.2. The first-order valence-electron chi connectivity index (χ1n) is 11.5. The number of carbonyl (C=O) groups excluding carboxylic acids is 3. The van der Waals surface area contributed by atoms with Gasteiger partial charge in [-0.25, -0.2) is 4.68 Å². The summed E-state index contributed by atoms with van der Waals surface area (Å²) >= 11 is 0. The van der Waals surface area contributed by atoms with Crippen molar-refractivity contribution in [2.24, 2.45) is 5.92 Å². The fraction of sp³-hybridized carbons (Fsp3) is 0.269. The third-order valence-corrected chi connectivity index (χ3v) is 5.71. The van der Waals surface area contributed by atoms with Gasteiger partial charge in [0, 0.05) is 41.9 Å². The second kappa shape index (κ2) is 10.8. The lowest BCUT2D eigenvalue weighted by Gasteiger charge is -2.15. The van der Waals surface area contributed by atoms with Gasteiger partial charge >= 0.3 is 0 Å². The van der Waals surface area contributed by atoms with Gasteiger partial charge in [0.05, 0.1) is 5.69 Å². The van der Waals surface area contributed by atoms with Gasteiger partial charge in [0.15, 0.2) is 0 Å². The van der Waals surface area contributed by atoms with Crippen molar-refractivity contribution in [2.75, 3.05) is 18.4 Å². The van der Waals surface area contributed by atoms with Gasteiger partial charge in [-0.3, -0.25) is 19.2 Å². The monoisotopic (exact) mass is 473 g/mol. The number of nitrogens with one attached hydrogen (secondary N) is 3. The smallest absolute Gasteiger partial charge is 0.267 e. The lowest BCUT2D eigenvalue weighted by atomic mass is 10.1. The topological polar surface area (TPSA) is 122 Å². The summed E-state index contributed by atoms with van der Waals surface area (Å²) in [5, 5.41) is 12.6. The minimum Gasteiger partial charge on any atom is -0.352 e. The first-order valence-corrected chi connectivity index (χ1v) is 11.5. The van der Waals surface area contributed by atoms with Gasteiger partial charge in [0.1, 0.15) is 6.04 Å². The Balaban J connectivity index is 1.25. The highest BCUT2D eigenvalue weighted by Gasteiger charge is 2.29. The molecule has 1 heterocycles. The van der Waals surface area contributed by atoms with Crippen LogP contribution in [0.5, 0.6) is 0 Å². The zero-order valence-electron chi connectivity index (χ0n) is 19.4. The van der Waals surface area contributed by atoms with Crippen molar-refractivity contribution in [3.63, 3.8) is 0 Å². The minimum absolute atomic E-state index is 0.0106. The van der Waals surface area contributed by atoms with Crippen LogP contribution in [-0.2, 0) is 9.59 Å². The van der Waals surface area contributed by atoms with Crippen molar-refractivity contribution < 1.29 is 14.4 Å². The van der Waals surface area contributed by atoms with Crippen LogP contribution in [0, 0.1) is 5.92 Å². The fourth-order valence-corrected chi connectivity index (χ4v) is 3.48. The van der Waals surface area contributed by atoms with Crippen LogP contribution in [0.3, 0.4) is 0 Å². The molecule has 9 nitrogen and oxygen atoms in total. The molecule has 3 N–H and O–H groups in total. The number of amides is 3. The number of carbonyl (C=O) groups is 3. The van der Waals surface area contributed by atoms with Gasteiger partial charge in [-0.15, -0.1) is 0 Å². The number of benzene rings is 2. The van der Waals surface area contributed by atoms with Crippen molar-refractivity contribution >= 4 is 23.4 Å². The maximum atomic E-state index is 12.6. The quantitative estimate of drug-likeness (QED) is 0.412. The first-order chi connectivity index (χ1) is 16.9. The summed E-state index contributed by atoms with van der Waals surface area (Å²) in [6.45, 7) is 2.00. The van der Waals surface area contributed by atoms with E-state index in [1.54, 1.807) is 37.3 Å². The molecule has 0 radical (unpaired) electrons. The minimum atomic E-state index is -0.819. The molecule has 9 heteroatoms. The van der Waals surface area contributed by atoms with E-state index in [9.17, 15) is 19.2 Å². The Hall–Kier alpha value is -4.27. The third-order valence-electron chi connectivity index (χ3n) is 5.71. The molecule has 180 valence electrons. The van der Waals surface area contributed by atoms with Crippen molar-refractivity contribution in [3.05, 3.63) is 82.6 Å². The van der Waals surface area contributed by atoms with Crippen LogP contribution >= 0.6 is 0 Å². The molecule has 1 aromatic heterocycles. The van der Waals surface area contributed by atoms with Crippen molar-refractivity contribution in [1.82, 2.24) is 20.4 Å². The molecule has 4 rings (SSSR count). The Kier molecular flexibility index (Phi) is 7.35. The predicted molar refractivity (Wildman–Crippen MR) is 132 cm³/mol. The largest absolute Gasteiger partial charge is 0.352 e. The second-order valence-electron chi connectivity index (χ2n) is 8.43. The molecule has 3 amide bonds. The molecule has 0 aliphatic heterocycles. The Morgan fingerprint density at radius 1 is 0.943 bits per heavy atom. The second-order valence-corrected chi connectivity index (χ2v) is 8.43. The molecule has 35 heavy (non-hydrogen) atoms. The van der Waals surface area contributed by atoms with Gasteiger partial charge in [0.2, 0.25) is 11.8 Å². The molecule has 1 unspecified atom stereocenters. The molecule has 0 spiro atoms. The van der Waals surface area contributed by atoms with Crippen molar-refractivity contribution in [2.45, 2.75) is 25.8 Å². The van der Waals surface area contributed by atoms with Crippen LogP contribution in [0.4, 0.5) is 5.69 Å². The van der Waals surface area contributed by atoms with E-state index in [1.807, 2.05) is 30.3 Å². The van der Waals surface area contributed by atoms with E-state index in [-0.39, 0.29) is 42.3 Å². The van der Waals surface area contributed by atoms with Crippen molar-refractivity contribution in [3.8, 4) is 11.3 Å². The van der Waals surface area contributed by atoms with Crippen LogP contribution in [0.15, 0.2) is 71.5 Å². The Labute approximate surface area is 202 Å². The summed E-state index contributed by atoms with van der Waals surface area (Å²) < 4.78 is 1.15. The van der Waals surface area contributed by atoms with E-state index in [2.05, 4.69) is 21.0 Å². The number of anilines is 1. The average molecular weight is 474 g/mol. The molecule has 1 aliphatic carbocycles. The predicted octanol–water partition coefficient (Wildman–Crippen LogP) is 2.37. The fourth-order valence-electron chi connectivity index (χ4n) is 3.48. The average Bonchev–Trinajstić information content (AvgIpc) is 3.73.